The number of hydrogen-bond acceptors (Lipinski definition) is 11. The number of benzene rings is 2. The van der Waals surface area contributed by atoms with Gasteiger partial charge in [0.15, 0.2) is 18.3 Å². The van der Waals surface area contributed by atoms with E-state index in [9.17, 15) is 24.4 Å². The fourth-order valence-corrected chi connectivity index (χ4v) is 6.09. The van der Waals surface area contributed by atoms with Crippen molar-refractivity contribution in [1.82, 2.24) is 4.98 Å². The minimum absolute atomic E-state index is 0.0540. The van der Waals surface area contributed by atoms with Gasteiger partial charge >= 0.3 is 17.9 Å². The van der Waals surface area contributed by atoms with Gasteiger partial charge in [0.05, 0.1) is 23.4 Å². The fourth-order valence-electron chi connectivity index (χ4n) is 4.80. The second-order valence-corrected chi connectivity index (χ2v) is 11.7. The van der Waals surface area contributed by atoms with Crippen molar-refractivity contribution in [2.45, 2.75) is 63.4 Å². The molecule has 45 heavy (non-hydrogen) atoms. The van der Waals surface area contributed by atoms with Crippen LogP contribution in [-0.2, 0) is 33.3 Å². The number of nitrogens with zero attached hydrogens (tertiary/aromatic N) is 2. The Kier molecular flexibility index (Phi) is 10.8. The van der Waals surface area contributed by atoms with Crippen molar-refractivity contribution >= 4 is 52.9 Å². The third-order valence-corrected chi connectivity index (χ3v) is 8.07. The molecule has 2 heterocycles. The van der Waals surface area contributed by atoms with Gasteiger partial charge in [-0.15, -0.1) is 0 Å². The Morgan fingerprint density at radius 2 is 1.53 bits per heavy atom. The van der Waals surface area contributed by atoms with Crippen LogP contribution in [0.4, 0.5) is 5.69 Å². The van der Waals surface area contributed by atoms with Crippen LogP contribution in [-0.4, -0.2) is 59.2 Å². The lowest BCUT2D eigenvalue weighted by molar-refractivity contribution is -0.213. The zero-order valence-electron chi connectivity index (χ0n) is 25.1. The number of rotatable bonds is 8. The molecular weight excluding hydrogens is 622 g/mol. The molecule has 2 aromatic carbocycles. The average molecular weight is 652 g/mol. The van der Waals surface area contributed by atoms with Gasteiger partial charge in [-0.2, -0.15) is 5.26 Å². The predicted octanol–water partition coefficient (Wildman–Crippen LogP) is 5.39. The number of nitriles is 1. The van der Waals surface area contributed by atoms with E-state index in [1.165, 1.54) is 20.8 Å². The lowest BCUT2D eigenvalue weighted by atomic mass is 9.94. The molecule has 1 aromatic heterocycles. The minimum Gasteiger partial charge on any atom is -0.456 e. The van der Waals surface area contributed by atoms with Crippen LogP contribution in [0.25, 0.3) is 11.1 Å². The Labute approximate surface area is 269 Å². The number of anilines is 1. The van der Waals surface area contributed by atoms with Crippen molar-refractivity contribution in [3.8, 4) is 17.2 Å². The first-order valence-corrected chi connectivity index (χ1v) is 15.0. The maximum Gasteiger partial charge on any atom is 0.303 e. The van der Waals surface area contributed by atoms with E-state index in [0.717, 1.165) is 17.3 Å². The van der Waals surface area contributed by atoms with E-state index in [-0.39, 0.29) is 22.8 Å². The van der Waals surface area contributed by atoms with Crippen molar-refractivity contribution in [2.75, 3.05) is 11.9 Å². The number of aryl methyl sites for hydroxylation is 2. The smallest absolute Gasteiger partial charge is 0.303 e. The van der Waals surface area contributed by atoms with Crippen LogP contribution in [0, 0.1) is 25.2 Å². The lowest BCUT2D eigenvalue weighted by Gasteiger charge is -2.40. The van der Waals surface area contributed by atoms with Gasteiger partial charge in [-0.3, -0.25) is 19.2 Å². The number of halogens is 1. The highest BCUT2D eigenvalue weighted by molar-refractivity contribution is 7.99. The maximum absolute atomic E-state index is 13.7. The van der Waals surface area contributed by atoms with Crippen LogP contribution in [0.3, 0.4) is 0 Å². The molecule has 0 aliphatic carbocycles. The summed E-state index contributed by atoms with van der Waals surface area (Å²) in [5.74, 6) is -2.53. The molecule has 0 bridgehead atoms. The van der Waals surface area contributed by atoms with Crippen LogP contribution < -0.4 is 5.32 Å². The summed E-state index contributed by atoms with van der Waals surface area (Å²) >= 11 is 7.10. The van der Waals surface area contributed by atoms with Crippen molar-refractivity contribution in [2.24, 2.45) is 0 Å². The molecule has 13 heteroatoms. The molecule has 0 unspecified atom stereocenters. The van der Waals surface area contributed by atoms with E-state index in [1.54, 1.807) is 43.3 Å². The molecule has 4 atom stereocenters. The Hall–Kier alpha value is -4.44. The minimum atomic E-state index is -1.24. The summed E-state index contributed by atoms with van der Waals surface area (Å²) in [6.07, 6.45) is -3.51. The molecule has 3 aromatic rings. The van der Waals surface area contributed by atoms with E-state index < -0.39 is 47.6 Å². The molecule has 11 nitrogen and oxygen atoms in total. The van der Waals surface area contributed by atoms with E-state index in [0.29, 0.717) is 27.5 Å². The number of nitrogens with one attached hydrogen (secondary N) is 1. The molecule has 1 saturated heterocycles. The maximum atomic E-state index is 13.7. The molecule has 1 fully saturated rings. The fraction of sp³-hybridized carbons (Fsp3) is 0.312. The first kappa shape index (κ1) is 33.5. The highest BCUT2D eigenvalue weighted by Crippen LogP contribution is 2.40. The van der Waals surface area contributed by atoms with Gasteiger partial charge in [0, 0.05) is 37.0 Å². The molecule has 0 spiro atoms. The van der Waals surface area contributed by atoms with Crippen LogP contribution in [0.15, 0.2) is 53.6 Å². The van der Waals surface area contributed by atoms with Gasteiger partial charge in [-0.05, 0) is 43.7 Å². The average Bonchev–Trinajstić information content (AvgIpc) is 2.96. The molecule has 1 aliphatic rings. The predicted molar refractivity (Wildman–Crippen MR) is 166 cm³/mol. The number of carbonyl (C=O) groups excluding carboxylic acids is 4. The number of amides is 1. The van der Waals surface area contributed by atoms with Gasteiger partial charge in [-0.25, -0.2) is 4.98 Å². The Morgan fingerprint density at radius 1 is 0.933 bits per heavy atom. The molecule has 1 amide bonds. The summed E-state index contributed by atoms with van der Waals surface area (Å²) < 4.78 is 22.2. The number of pyridine rings is 1. The Balaban J connectivity index is 1.82. The third-order valence-electron chi connectivity index (χ3n) is 6.66. The number of aromatic nitrogens is 1. The SMILES string of the molecule is CC(=O)O[C@@H]1[C@@H](OC(C)=O)[C@H](Sc2nc(C)c(C(=O)Nc3ccc(C)cc3)c(-c3ccc(Cl)cc3)c2C#N)OC[C@@H]1OC(C)=O. The van der Waals surface area contributed by atoms with Gasteiger partial charge in [0.2, 0.25) is 0 Å². The molecule has 4 rings (SSSR count). The van der Waals surface area contributed by atoms with Gasteiger partial charge in [0.25, 0.3) is 5.91 Å². The van der Waals surface area contributed by atoms with Crippen LogP contribution in [0.5, 0.6) is 0 Å². The normalized spacial score (nSPS) is 19.1. The van der Waals surface area contributed by atoms with E-state index in [1.807, 2.05) is 19.1 Å². The number of ether oxygens (including phenoxy) is 4. The first-order valence-electron chi connectivity index (χ1n) is 13.8. The molecule has 1 aliphatic heterocycles. The van der Waals surface area contributed by atoms with Crippen molar-refractivity contribution in [1.29, 1.82) is 5.26 Å². The quantitative estimate of drug-likeness (QED) is 0.246. The highest BCUT2D eigenvalue weighted by Gasteiger charge is 2.47. The number of esters is 3. The summed E-state index contributed by atoms with van der Waals surface area (Å²) in [6, 6.07) is 16.1. The van der Waals surface area contributed by atoms with Crippen LogP contribution in [0.2, 0.25) is 5.02 Å². The monoisotopic (exact) mass is 651 g/mol. The van der Waals surface area contributed by atoms with Gasteiger partial charge in [0.1, 0.15) is 16.5 Å². The van der Waals surface area contributed by atoms with Gasteiger partial charge in [-0.1, -0.05) is 53.2 Å². The first-order chi connectivity index (χ1) is 21.4. The second kappa shape index (κ2) is 14.6. The lowest BCUT2D eigenvalue weighted by Crippen LogP contribution is -2.56. The molecule has 234 valence electrons. The second-order valence-electron chi connectivity index (χ2n) is 10.2. The van der Waals surface area contributed by atoms with E-state index >= 15 is 0 Å². The molecular formula is C32H30ClN3O8S. The highest BCUT2D eigenvalue weighted by atomic mass is 35.5. The third kappa shape index (κ3) is 8.19. The summed E-state index contributed by atoms with van der Waals surface area (Å²) in [5.41, 5.74) is 1.91. The number of carbonyl (C=O) groups is 4. The Bertz CT molecular complexity index is 1660. The van der Waals surface area contributed by atoms with Crippen LogP contribution in [0.1, 0.15) is 48.0 Å². The van der Waals surface area contributed by atoms with E-state index in [4.69, 9.17) is 30.5 Å². The summed E-state index contributed by atoms with van der Waals surface area (Å²) in [6.45, 7) is 6.90. The number of hydrogen-bond donors (Lipinski definition) is 1. The van der Waals surface area contributed by atoms with Crippen molar-refractivity contribution in [3.05, 3.63) is 75.9 Å². The largest absolute Gasteiger partial charge is 0.456 e. The summed E-state index contributed by atoms with van der Waals surface area (Å²) in [4.78, 5) is 54.3. The van der Waals surface area contributed by atoms with Crippen molar-refractivity contribution in [3.63, 3.8) is 0 Å². The summed E-state index contributed by atoms with van der Waals surface area (Å²) in [5, 5.41) is 14.0. The van der Waals surface area contributed by atoms with Crippen molar-refractivity contribution < 1.29 is 38.1 Å². The standard InChI is InChI=1S/C32H30ClN3O8S/c1-16-6-12-23(13-7-16)36-30(40)26-17(2)35-31(24(14-34)27(26)21-8-10-22(33)11-9-21)45-32-29(44-20(5)39)28(43-19(4)38)25(15-41-32)42-18(3)37/h6-13,25,28-29,32H,15H2,1-5H3,(H,36,40)/t25-,28-,29+,32-/m0/s1. The topological polar surface area (TPSA) is 154 Å². The number of thioether (sulfide) groups is 1. The molecule has 0 radical (unpaired) electrons. The van der Waals surface area contributed by atoms with E-state index in [2.05, 4.69) is 16.4 Å². The molecule has 1 N–H and O–H groups in total. The van der Waals surface area contributed by atoms with Crippen LogP contribution >= 0.6 is 23.4 Å². The zero-order valence-corrected chi connectivity index (χ0v) is 26.7. The Morgan fingerprint density at radius 3 is 2.11 bits per heavy atom. The summed E-state index contributed by atoms with van der Waals surface area (Å²) in [7, 11) is 0. The zero-order chi connectivity index (χ0) is 32.8. The molecule has 0 saturated carbocycles. The van der Waals surface area contributed by atoms with Gasteiger partial charge < -0.3 is 24.3 Å².